The van der Waals surface area contributed by atoms with Crippen molar-refractivity contribution in [2.45, 2.75) is 45.4 Å². The molecule has 0 saturated carbocycles. The van der Waals surface area contributed by atoms with Crippen LogP contribution in [0.1, 0.15) is 45.4 Å². The molecule has 1 rings (SSSR count). The number of hydrogen-bond donors (Lipinski definition) is 1. The van der Waals surface area contributed by atoms with Crippen LogP contribution in [0.5, 0.6) is 0 Å². The van der Waals surface area contributed by atoms with Gasteiger partial charge in [-0.1, -0.05) is 26.2 Å². The molecular formula is C11H22N2O. The summed E-state index contributed by atoms with van der Waals surface area (Å²) in [5.41, 5.74) is 0. The number of nitrogens with zero attached hydrogens (tertiary/aromatic N) is 1. The highest BCUT2D eigenvalue weighted by Gasteiger charge is 2.13. The quantitative estimate of drug-likeness (QED) is 0.726. The molecule has 0 aromatic rings. The Kier molecular flexibility index (Phi) is 5.42. The van der Waals surface area contributed by atoms with Crippen LogP contribution in [-0.4, -0.2) is 30.6 Å². The highest BCUT2D eigenvalue weighted by Crippen LogP contribution is 2.10. The summed E-state index contributed by atoms with van der Waals surface area (Å²) in [6.07, 6.45) is 7.23. The minimum absolute atomic E-state index is 0.133. The third-order valence-electron chi connectivity index (χ3n) is 2.67. The molecule has 0 aromatic carbocycles. The molecule has 2 amide bonds. The minimum atomic E-state index is 0.133. The molecule has 14 heavy (non-hydrogen) atoms. The number of urea groups is 1. The number of carbonyl (C=O) groups is 1. The Morgan fingerprint density at radius 3 is 2.29 bits per heavy atom. The van der Waals surface area contributed by atoms with Gasteiger partial charge in [0.2, 0.25) is 0 Å². The van der Waals surface area contributed by atoms with Gasteiger partial charge in [0.05, 0.1) is 0 Å². The van der Waals surface area contributed by atoms with Crippen LogP contribution in [0.4, 0.5) is 4.79 Å². The Bertz CT molecular complexity index is 163. The lowest BCUT2D eigenvalue weighted by molar-refractivity contribution is 0.192. The molecule has 1 fully saturated rings. The summed E-state index contributed by atoms with van der Waals surface area (Å²) < 4.78 is 0. The number of carbonyl (C=O) groups excluding carboxylic acids is 1. The molecule has 1 saturated heterocycles. The van der Waals surface area contributed by atoms with E-state index in [1.807, 2.05) is 4.90 Å². The number of nitrogens with one attached hydrogen (secondary N) is 1. The normalized spacial score (nSPS) is 18.5. The number of amides is 2. The lowest BCUT2D eigenvalue weighted by atomic mass is 10.1. The van der Waals surface area contributed by atoms with E-state index >= 15 is 0 Å². The van der Waals surface area contributed by atoms with Gasteiger partial charge < -0.3 is 10.2 Å². The van der Waals surface area contributed by atoms with E-state index in [1.165, 1.54) is 32.1 Å². The summed E-state index contributed by atoms with van der Waals surface area (Å²) >= 11 is 0. The van der Waals surface area contributed by atoms with Crippen LogP contribution in [0.15, 0.2) is 0 Å². The average molecular weight is 198 g/mol. The summed E-state index contributed by atoms with van der Waals surface area (Å²) in [4.78, 5) is 13.6. The molecule has 0 radical (unpaired) electrons. The Morgan fingerprint density at radius 2 is 1.71 bits per heavy atom. The molecule has 0 aliphatic carbocycles. The van der Waals surface area contributed by atoms with Crippen molar-refractivity contribution in [3.63, 3.8) is 0 Å². The van der Waals surface area contributed by atoms with Crippen LogP contribution in [-0.2, 0) is 0 Å². The molecule has 0 bridgehead atoms. The summed E-state index contributed by atoms with van der Waals surface area (Å²) in [5.74, 6) is 0. The van der Waals surface area contributed by atoms with Gasteiger partial charge >= 0.3 is 6.03 Å². The van der Waals surface area contributed by atoms with Crippen molar-refractivity contribution in [2.75, 3.05) is 19.6 Å². The molecular weight excluding hydrogens is 176 g/mol. The van der Waals surface area contributed by atoms with Gasteiger partial charge in [0, 0.05) is 19.6 Å². The fourth-order valence-corrected chi connectivity index (χ4v) is 1.79. The lowest BCUT2D eigenvalue weighted by Crippen LogP contribution is -2.41. The molecule has 1 aliphatic rings. The predicted octanol–water partition coefficient (Wildman–Crippen LogP) is 2.37. The van der Waals surface area contributed by atoms with Crippen molar-refractivity contribution in [3.05, 3.63) is 0 Å². The summed E-state index contributed by atoms with van der Waals surface area (Å²) in [7, 11) is 0. The largest absolute Gasteiger partial charge is 0.338 e. The Hall–Kier alpha value is -0.730. The van der Waals surface area contributed by atoms with Gasteiger partial charge in [0.1, 0.15) is 0 Å². The second kappa shape index (κ2) is 6.68. The summed E-state index contributed by atoms with van der Waals surface area (Å²) in [5, 5.41) is 2.94. The molecule has 82 valence electrons. The standard InChI is InChI=1S/C11H22N2O/c1-2-8-12-11(14)13-9-6-4-3-5-7-10-13/h2-10H2,1H3,(H,12,14). The monoisotopic (exact) mass is 198 g/mol. The first-order valence-corrected chi connectivity index (χ1v) is 5.87. The predicted molar refractivity (Wildman–Crippen MR) is 58.3 cm³/mol. The molecule has 0 spiro atoms. The maximum absolute atomic E-state index is 11.6. The Morgan fingerprint density at radius 1 is 1.14 bits per heavy atom. The molecule has 1 heterocycles. The van der Waals surface area contributed by atoms with E-state index in [2.05, 4.69) is 12.2 Å². The molecule has 0 atom stereocenters. The molecule has 0 aromatic heterocycles. The van der Waals surface area contributed by atoms with Crippen molar-refractivity contribution in [3.8, 4) is 0 Å². The van der Waals surface area contributed by atoms with E-state index < -0.39 is 0 Å². The van der Waals surface area contributed by atoms with Crippen LogP contribution in [0, 0.1) is 0 Å². The second-order valence-electron chi connectivity index (χ2n) is 3.99. The molecule has 1 aliphatic heterocycles. The summed E-state index contributed by atoms with van der Waals surface area (Å²) in [6.45, 7) is 4.76. The van der Waals surface area contributed by atoms with Gasteiger partial charge in [-0.3, -0.25) is 0 Å². The highest BCUT2D eigenvalue weighted by atomic mass is 16.2. The summed E-state index contributed by atoms with van der Waals surface area (Å²) in [6, 6.07) is 0.133. The fraction of sp³-hybridized carbons (Fsp3) is 0.909. The van der Waals surface area contributed by atoms with Crippen molar-refractivity contribution in [2.24, 2.45) is 0 Å². The van der Waals surface area contributed by atoms with Crippen LogP contribution in [0.3, 0.4) is 0 Å². The smallest absolute Gasteiger partial charge is 0.317 e. The number of rotatable bonds is 2. The number of likely N-dealkylation sites (tertiary alicyclic amines) is 1. The highest BCUT2D eigenvalue weighted by molar-refractivity contribution is 5.74. The molecule has 3 nitrogen and oxygen atoms in total. The SMILES string of the molecule is CCCNC(=O)N1CCCCCCC1. The van der Waals surface area contributed by atoms with E-state index in [0.29, 0.717) is 0 Å². The Labute approximate surface area is 86.9 Å². The Balaban J connectivity index is 2.27. The van der Waals surface area contributed by atoms with E-state index in [1.54, 1.807) is 0 Å². The zero-order valence-corrected chi connectivity index (χ0v) is 9.22. The van der Waals surface area contributed by atoms with E-state index in [-0.39, 0.29) is 6.03 Å². The first kappa shape index (κ1) is 11.3. The number of hydrogen-bond acceptors (Lipinski definition) is 1. The van der Waals surface area contributed by atoms with Gasteiger partial charge in [-0.15, -0.1) is 0 Å². The molecule has 3 heteroatoms. The van der Waals surface area contributed by atoms with Crippen LogP contribution >= 0.6 is 0 Å². The van der Waals surface area contributed by atoms with Crippen LogP contribution < -0.4 is 5.32 Å². The van der Waals surface area contributed by atoms with Crippen molar-refractivity contribution in [1.82, 2.24) is 10.2 Å². The van der Waals surface area contributed by atoms with Gasteiger partial charge in [-0.25, -0.2) is 4.79 Å². The maximum atomic E-state index is 11.6. The van der Waals surface area contributed by atoms with E-state index in [0.717, 1.165) is 26.1 Å². The maximum Gasteiger partial charge on any atom is 0.317 e. The van der Waals surface area contributed by atoms with Gasteiger partial charge in [0.15, 0.2) is 0 Å². The molecule has 0 unspecified atom stereocenters. The van der Waals surface area contributed by atoms with Gasteiger partial charge in [-0.2, -0.15) is 0 Å². The zero-order valence-electron chi connectivity index (χ0n) is 9.22. The van der Waals surface area contributed by atoms with Crippen molar-refractivity contribution in [1.29, 1.82) is 0 Å². The van der Waals surface area contributed by atoms with Crippen LogP contribution in [0.2, 0.25) is 0 Å². The third-order valence-corrected chi connectivity index (χ3v) is 2.67. The minimum Gasteiger partial charge on any atom is -0.338 e. The lowest BCUT2D eigenvalue weighted by Gasteiger charge is -2.24. The van der Waals surface area contributed by atoms with E-state index in [9.17, 15) is 4.79 Å². The van der Waals surface area contributed by atoms with Crippen LogP contribution in [0.25, 0.3) is 0 Å². The average Bonchev–Trinajstić information content (AvgIpc) is 2.13. The van der Waals surface area contributed by atoms with Crippen molar-refractivity contribution < 1.29 is 4.79 Å². The van der Waals surface area contributed by atoms with Crippen molar-refractivity contribution >= 4 is 6.03 Å². The second-order valence-corrected chi connectivity index (χ2v) is 3.99. The zero-order chi connectivity index (χ0) is 10.2. The fourth-order valence-electron chi connectivity index (χ4n) is 1.79. The first-order valence-electron chi connectivity index (χ1n) is 5.87. The van der Waals surface area contributed by atoms with Gasteiger partial charge in [-0.05, 0) is 19.3 Å². The van der Waals surface area contributed by atoms with E-state index in [4.69, 9.17) is 0 Å². The molecule has 1 N–H and O–H groups in total. The first-order chi connectivity index (χ1) is 6.84. The topological polar surface area (TPSA) is 32.3 Å². The van der Waals surface area contributed by atoms with Gasteiger partial charge in [0.25, 0.3) is 0 Å². The third kappa shape index (κ3) is 3.99.